The molecule has 0 bridgehead atoms. The molecule has 0 aliphatic carbocycles. The highest BCUT2D eigenvalue weighted by atomic mass is 16.2. The molecule has 152 valence electrons. The minimum absolute atomic E-state index is 0.0841. The lowest BCUT2D eigenvalue weighted by molar-refractivity contribution is -0.147. The fraction of sp³-hybridized carbons (Fsp3) is 0.348. The first-order valence-electron chi connectivity index (χ1n) is 10.1. The van der Waals surface area contributed by atoms with Gasteiger partial charge in [-0.05, 0) is 17.5 Å². The third-order valence-electron chi connectivity index (χ3n) is 5.11. The number of carbonyl (C=O) groups excluding carboxylic acids is 2. The summed E-state index contributed by atoms with van der Waals surface area (Å²) < 4.78 is 0. The fourth-order valence-corrected chi connectivity index (χ4v) is 3.55. The highest BCUT2D eigenvalue weighted by Crippen LogP contribution is 2.23. The largest absolute Gasteiger partial charge is 0.355 e. The quantitative estimate of drug-likeness (QED) is 0.431. The molecule has 1 fully saturated rings. The highest BCUT2D eigenvalue weighted by molar-refractivity contribution is 5.97. The Morgan fingerprint density at radius 3 is 2.00 bits per heavy atom. The van der Waals surface area contributed by atoms with Crippen molar-refractivity contribution in [2.45, 2.75) is 25.2 Å². The van der Waals surface area contributed by atoms with Gasteiger partial charge >= 0.3 is 0 Å². The van der Waals surface area contributed by atoms with Crippen LogP contribution in [0.2, 0.25) is 0 Å². The van der Waals surface area contributed by atoms with Crippen molar-refractivity contribution in [1.82, 2.24) is 15.5 Å². The number of nitrogens with one attached hydrogen (secondary N) is 2. The lowest BCUT2D eigenvalue weighted by Gasteiger charge is -2.25. The van der Waals surface area contributed by atoms with Gasteiger partial charge in [-0.15, -0.1) is 0 Å². The first kappa shape index (κ1) is 20.6. The smallest absolute Gasteiger partial charge is 0.229 e. The van der Waals surface area contributed by atoms with Gasteiger partial charge in [0.05, 0.1) is 0 Å². The number of hydrogen-bond acceptors (Lipinski definition) is 3. The maximum absolute atomic E-state index is 11.9. The molecule has 6 heteroatoms. The van der Waals surface area contributed by atoms with Crippen molar-refractivity contribution in [2.75, 3.05) is 26.7 Å². The topological polar surface area (TPSA) is 73.8 Å². The number of guanidine groups is 1. The molecule has 2 aromatic rings. The standard InChI is InChI=1S/C23H28N4O2/c1-24-23(25-15-16-27-21(28)13-8-14-22(27)29)26-17-20(18-9-4-2-5-10-18)19-11-6-3-7-12-19/h2-7,9-12,20H,8,13-17H2,1H3,(H2,24,25,26). The van der Waals surface area contributed by atoms with Gasteiger partial charge in [0.1, 0.15) is 0 Å². The van der Waals surface area contributed by atoms with Crippen molar-refractivity contribution < 1.29 is 9.59 Å². The molecule has 0 saturated carbocycles. The molecule has 3 rings (SSSR count). The Labute approximate surface area is 172 Å². The summed E-state index contributed by atoms with van der Waals surface area (Å²) in [7, 11) is 1.71. The summed E-state index contributed by atoms with van der Waals surface area (Å²) in [5.41, 5.74) is 2.46. The number of benzene rings is 2. The van der Waals surface area contributed by atoms with Crippen molar-refractivity contribution in [3.8, 4) is 0 Å². The Hall–Kier alpha value is -3.15. The summed E-state index contributed by atoms with van der Waals surface area (Å²) in [4.78, 5) is 29.4. The van der Waals surface area contributed by atoms with Gasteiger partial charge in [0, 0.05) is 45.4 Å². The van der Waals surface area contributed by atoms with E-state index in [9.17, 15) is 9.59 Å². The average Bonchev–Trinajstić information content (AvgIpc) is 2.76. The summed E-state index contributed by atoms with van der Waals surface area (Å²) in [6.07, 6.45) is 1.56. The van der Waals surface area contributed by atoms with E-state index in [4.69, 9.17) is 0 Å². The molecule has 1 aliphatic heterocycles. The molecular formula is C23H28N4O2. The molecule has 1 heterocycles. The van der Waals surface area contributed by atoms with Crippen LogP contribution in [-0.2, 0) is 9.59 Å². The third-order valence-corrected chi connectivity index (χ3v) is 5.11. The van der Waals surface area contributed by atoms with Gasteiger partial charge in [0.15, 0.2) is 5.96 Å². The maximum Gasteiger partial charge on any atom is 0.229 e. The van der Waals surface area contributed by atoms with Crippen LogP contribution in [0, 0.1) is 0 Å². The fourth-order valence-electron chi connectivity index (χ4n) is 3.55. The normalized spacial score (nSPS) is 15.0. The lowest BCUT2D eigenvalue weighted by atomic mass is 9.91. The molecule has 2 N–H and O–H groups in total. The monoisotopic (exact) mass is 392 g/mol. The van der Waals surface area contributed by atoms with Gasteiger partial charge in [0.25, 0.3) is 0 Å². The van der Waals surface area contributed by atoms with Crippen LogP contribution in [0.25, 0.3) is 0 Å². The second kappa shape index (κ2) is 10.4. The van der Waals surface area contributed by atoms with E-state index >= 15 is 0 Å². The van der Waals surface area contributed by atoms with E-state index < -0.39 is 0 Å². The van der Waals surface area contributed by atoms with Crippen molar-refractivity contribution in [2.24, 2.45) is 4.99 Å². The van der Waals surface area contributed by atoms with E-state index in [1.807, 2.05) is 36.4 Å². The Balaban J connectivity index is 1.58. The number of rotatable bonds is 7. The van der Waals surface area contributed by atoms with Crippen LogP contribution in [0.3, 0.4) is 0 Å². The Morgan fingerprint density at radius 1 is 0.931 bits per heavy atom. The van der Waals surface area contributed by atoms with Crippen LogP contribution in [-0.4, -0.2) is 49.4 Å². The lowest BCUT2D eigenvalue weighted by Crippen LogP contribution is -2.47. The van der Waals surface area contributed by atoms with Crippen molar-refractivity contribution in [3.63, 3.8) is 0 Å². The molecule has 0 spiro atoms. The Kier molecular flexibility index (Phi) is 7.39. The number of aliphatic imine (C=N–C) groups is 1. The molecule has 1 aliphatic rings. The summed E-state index contributed by atoms with van der Waals surface area (Å²) in [5.74, 6) is 0.665. The SMILES string of the molecule is CN=C(NCCN1C(=O)CCCC1=O)NCC(c1ccccc1)c1ccccc1. The van der Waals surface area contributed by atoms with Crippen LogP contribution in [0.15, 0.2) is 65.7 Å². The van der Waals surface area contributed by atoms with Gasteiger partial charge in [-0.2, -0.15) is 0 Å². The van der Waals surface area contributed by atoms with Crippen LogP contribution in [0.1, 0.15) is 36.3 Å². The molecule has 29 heavy (non-hydrogen) atoms. The third kappa shape index (κ3) is 5.67. The summed E-state index contributed by atoms with van der Waals surface area (Å²) in [5, 5.41) is 6.59. The van der Waals surface area contributed by atoms with Gasteiger partial charge in [-0.1, -0.05) is 60.7 Å². The number of amides is 2. The maximum atomic E-state index is 11.9. The van der Waals surface area contributed by atoms with E-state index in [-0.39, 0.29) is 17.7 Å². The predicted octanol–water partition coefficient (Wildman–Crippen LogP) is 2.52. The average molecular weight is 393 g/mol. The van der Waals surface area contributed by atoms with E-state index in [2.05, 4.69) is 39.9 Å². The second-order valence-electron chi connectivity index (χ2n) is 7.05. The van der Waals surface area contributed by atoms with Crippen LogP contribution in [0.4, 0.5) is 0 Å². The number of imide groups is 1. The molecule has 6 nitrogen and oxygen atoms in total. The van der Waals surface area contributed by atoms with Gasteiger partial charge in [-0.25, -0.2) is 0 Å². The van der Waals surface area contributed by atoms with Crippen LogP contribution < -0.4 is 10.6 Å². The zero-order chi connectivity index (χ0) is 20.5. The molecule has 0 radical (unpaired) electrons. The molecule has 2 aromatic carbocycles. The first-order valence-corrected chi connectivity index (χ1v) is 10.1. The molecule has 0 atom stereocenters. The zero-order valence-electron chi connectivity index (χ0n) is 16.8. The molecule has 2 amide bonds. The van der Waals surface area contributed by atoms with E-state index in [1.54, 1.807) is 7.05 Å². The minimum Gasteiger partial charge on any atom is -0.355 e. The number of piperidine rings is 1. The number of hydrogen-bond donors (Lipinski definition) is 2. The highest BCUT2D eigenvalue weighted by Gasteiger charge is 2.25. The van der Waals surface area contributed by atoms with Crippen LogP contribution >= 0.6 is 0 Å². The summed E-state index contributed by atoms with van der Waals surface area (Å²) >= 11 is 0. The minimum atomic E-state index is -0.0841. The summed E-state index contributed by atoms with van der Waals surface area (Å²) in [6, 6.07) is 20.7. The Morgan fingerprint density at radius 2 is 1.48 bits per heavy atom. The number of nitrogens with zero attached hydrogens (tertiary/aromatic N) is 2. The van der Waals surface area contributed by atoms with Crippen molar-refractivity contribution in [1.29, 1.82) is 0 Å². The van der Waals surface area contributed by atoms with E-state index in [0.717, 1.165) is 0 Å². The molecule has 0 unspecified atom stereocenters. The number of likely N-dealkylation sites (tertiary alicyclic amines) is 1. The van der Waals surface area contributed by atoms with Crippen molar-refractivity contribution in [3.05, 3.63) is 71.8 Å². The van der Waals surface area contributed by atoms with Crippen molar-refractivity contribution >= 4 is 17.8 Å². The van der Waals surface area contributed by atoms with Crippen LogP contribution in [0.5, 0.6) is 0 Å². The van der Waals surface area contributed by atoms with Gasteiger partial charge in [0.2, 0.25) is 11.8 Å². The predicted molar refractivity (Wildman–Crippen MR) is 115 cm³/mol. The first-order chi connectivity index (χ1) is 14.2. The molecule has 0 aromatic heterocycles. The molecule has 1 saturated heterocycles. The zero-order valence-corrected chi connectivity index (χ0v) is 16.8. The summed E-state index contributed by atoms with van der Waals surface area (Å²) in [6.45, 7) is 1.51. The second-order valence-corrected chi connectivity index (χ2v) is 7.05. The van der Waals surface area contributed by atoms with E-state index in [0.29, 0.717) is 44.9 Å². The van der Waals surface area contributed by atoms with E-state index in [1.165, 1.54) is 16.0 Å². The molecular weight excluding hydrogens is 364 g/mol. The van der Waals surface area contributed by atoms with Gasteiger partial charge < -0.3 is 10.6 Å². The number of carbonyl (C=O) groups is 2. The Bertz CT molecular complexity index is 781. The van der Waals surface area contributed by atoms with Gasteiger partial charge in [-0.3, -0.25) is 19.5 Å².